The lowest BCUT2D eigenvalue weighted by Gasteiger charge is -2.08. The third-order valence-corrected chi connectivity index (χ3v) is 4.71. The second-order valence-electron chi connectivity index (χ2n) is 5.61. The molecule has 3 N–H and O–H groups in total. The largest absolute Gasteiger partial charge is 0.504 e. The predicted molar refractivity (Wildman–Crippen MR) is 103 cm³/mol. The maximum atomic E-state index is 12.3. The molecule has 1 amide bonds. The van der Waals surface area contributed by atoms with Gasteiger partial charge in [0, 0.05) is 7.05 Å². The van der Waals surface area contributed by atoms with E-state index >= 15 is 0 Å². The fraction of sp³-hybridized carbons (Fsp3) is 0.111. The minimum absolute atomic E-state index is 0.0246. The standard InChI is InChI=1S/C18H16N4O4S/c1-22-17(26)12-4-2-3-5-13(12)20-18(22)27-10-16(25)21-19-9-11-6-7-14(23)15(24)8-11/h2-9,23-24H,10H2,1H3,(H,21,25)/b19-9-. The fourth-order valence-electron chi connectivity index (χ4n) is 2.29. The lowest BCUT2D eigenvalue weighted by Crippen LogP contribution is -2.23. The third-order valence-electron chi connectivity index (χ3n) is 3.68. The van der Waals surface area contributed by atoms with Gasteiger partial charge in [0.2, 0.25) is 0 Å². The first-order valence-electron chi connectivity index (χ1n) is 7.88. The Bertz CT molecular complexity index is 1090. The van der Waals surface area contributed by atoms with E-state index in [4.69, 9.17) is 0 Å². The van der Waals surface area contributed by atoms with Crippen LogP contribution in [0.2, 0.25) is 0 Å². The summed E-state index contributed by atoms with van der Waals surface area (Å²) < 4.78 is 1.41. The number of aromatic hydroxyl groups is 2. The van der Waals surface area contributed by atoms with Crippen LogP contribution >= 0.6 is 11.8 Å². The summed E-state index contributed by atoms with van der Waals surface area (Å²) >= 11 is 1.13. The molecule has 0 saturated heterocycles. The lowest BCUT2D eigenvalue weighted by atomic mass is 10.2. The molecule has 0 unspecified atom stereocenters. The number of benzene rings is 2. The third kappa shape index (κ3) is 4.26. The Hall–Kier alpha value is -3.33. The molecule has 0 radical (unpaired) electrons. The van der Waals surface area contributed by atoms with E-state index in [9.17, 15) is 19.8 Å². The molecule has 9 heteroatoms. The van der Waals surface area contributed by atoms with Gasteiger partial charge in [0.05, 0.1) is 22.9 Å². The van der Waals surface area contributed by atoms with Crippen molar-refractivity contribution < 1.29 is 15.0 Å². The first-order chi connectivity index (χ1) is 13.0. The second-order valence-corrected chi connectivity index (χ2v) is 6.55. The molecule has 0 aliphatic carbocycles. The normalized spacial score (nSPS) is 11.1. The molecule has 27 heavy (non-hydrogen) atoms. The monoisotopic (exact) mass is 384 g/mol. The van der Waals surface area contributed by atoms with E-state index in [-0.39, 0.29) is 28.7 Å². The molecule has 0 atom stereocenters. The van der Waals surface area contributed by atoms with Crippen molar-refractivity contribution in [2.45, 2.75) is 5.16 Å². The van der Waals surface area contributed by atoms with Crippen molar-refractivity contribution in [3.63, 3.8) is 0 Å². The van der Waals surface area contributed by atoms with Crippen LogP contribution in [0, 0.1) is 0 Å². The summed E-state index contributed by atoms with van der Waals surface area (Å²) in [6, 6.07) is 11.2. The van der Waals surface area contributed by atoms with E-state index in [0.717, 1.165) is 11.8 Å². The minimum atomic E-state index is -0.373. The van der Waals surface area contributed by atoms with E-state index < -0.39 is 0 Å². The first-order valence-corrected chi connectivity index (χ1v) is 8.86. The summed E-state index contributed by atoms with van der Waals surface area (Å²) in [7, 11) is 1.61. The minimum Gasteiger partial charge on any atom is -0.504 e. The molecule has 0 saturated carbocycles. The van der Waals surface area contributed by atoms with Crippen molar-refractivity contribution in [3.8, 4) is 11.5 Å². The second kappa shape index (κ2) is 7.92. The van der Waals surface area contributed by atoms with E-state index in [1.54, 1.807) is 31.3 Å². The molecule has 0 aliphatic rings. The highest BCUT2D eigenvalue weighted by molar-refractivity contribution is 7.99. The molecule has 2 aromatic carbocycles. The Balaban J connectivity index is 1.63. The van der Waals surface area contributed by atoms with Gasteiger partial charge in [0.1, 0.15) is 0 Å². The van der Waals surface area contributed by atoms with Crippen LogP contribution in [0.5, 0.6) is 11.5 Å². The van der Waals surface area contributed by atoms with Crippen LogP contribution in [0.4, 0.5) is 0 Å². The first kappa shape index (κ1) is 18.5. The number of hydrogen-bond acceptors (Lipinski definition) is 7. The van der Waals surface area contributed by atoms with Crippen LogP contribution in [0.3, 0.4) is 0 Å². The molecule has 0 fully saturated rings. The molecule has 8 nitrogen and oxygen atoms in total. The SMILES string of the molecule is Cn1c(SCC(=O)N/N=C\c2ccc(O)c(O)c2)nc2ccccc2c1=O. The number of nitrogens with zero attached hydrogens (tertiary/aromatic N) is 3. The highest BCUT2D eigenvalue weighted by Crippen LogP contribution is 2.24. The zero-order chi connectivity index (χ0) is 19.4. The summed E-state index contributed by atoms with van der Waals surface area (Å²) in [5, 5.41) is 23.4. The average Bonchev–Trinajstić information content (AvgIpc) is 2.66. The Morgan fingerprint density at radius 3 is 2.81 bits per heavy atom. The number of para-hydroxylation sites is 1. The Morgan fingerprint density at radius 2 is 2.04 bits per heavy atom. The number of aromatic nitrogens is 2. The molecule has 1 heterocycles. The van der Waals surface area contributed by atoms with Crippen LogP contribution in [0.25, 0.3) is 10.9 Å². The number of nitrogens with one attached hydrogen (secondary N) is 1. The highest BCUT2D eigenvalue weighted by Gasteiger charge is 2.10. The summed E-state index contributed by atoms with van der Waals surface area (Å²) in [6.45, 7) is 0. The van der Waals surface area contributed by atoms with Gasteiger partial charge < -0.3 is 10.2 Å². The molecule has 1 aromatic heterocycles. The van der Waals surface area contributed by atoms with Gasteiger partial charge in [-0.3, -0.25) is 14.2 Å². The number of carbonyl (C=O) groups excluding carboxylic acids is 1. The molecule has 0 bridgehead atoms. The number of rotatable bonds is 5. The summed E-state index contributed by atoms with van der Waals surface area (Å²) in [5.74, 6) is -0.858. The van der Waals surface area contributed by atoms with E-state index in [1.165, 1.54) is 29.0 Å². The van der Waals surface area contributed by atoms with Gasteiger partial charge in [-0.2, -0.15) is 5.10 Å². The molecule has 138 valence electrons. The van der Waals surface area contributed by atoms with Crippen LogP contribution in [0.1, 0.15) is 5.56 Å². The Morgan fingerprint density at radius 1 is 1.26 bits per heavy atom. The molecule has 3 rings (SSSR count). The highest BCUT2D eigenvalue weighted by atomic mass is 32.2. The Labute approximate surface area is 158 Å². The van der Waals surface area contributed by atoms with Crippen LogP contribution in [-0.2, 0) is 11.8 Å². The summed E-state index contributed by atoms with van der Waals surface area (Å²) in [5.41, 5.74) is 3.27. The van der Waals surface area contributed by atoms with Crippen LogP contribution in [-0.4, -0.2) is 37.6 Å². The van der Waals surface area contributed by atoms with E-state index in [1.807, 2.05) is 0 Å². The van der Waals surface area contributed by atoms with Crippen LogP contribution in [0.15, 0.2) is 57.5 Å². The van der Waals surface area contributed by atoms with Gasteiger partial charge in [0.25, 0.3) is 11.5 Å². The Kier molecular flexibility index (Phi) is 5.41. The number of phenols is 2. The zero-order valence-corrected chi connectivity index (χ0v) is 15.1. The summed E-state index contributed by atoms with van der Waals surface area (Å²) in [4.78, 5) is 28.7. The molecular formula is C18H16N4O4S. The fourth-order valence-corrected chi connectivity index (χ4v) is 3.05. The van der Waals surface area contributed by atoms with Crippen LogP contribution < -0.4 is 11.0 Å². The zero-order valence-electron chi connectivity index (χ0n) is 14.3. The molecular weight excluding hydrogens is 368 g/mol. The van der Waals surface area contributed by atoms with Crippen molar-refractivity contribution in [1.82, 2.24) is 15.0 Å². The van der Waals surface area contributed by atoms with Gasteiger partial charge >= 0.3 is 0 Å². The lowest BCUT2D eigenvalue weighted by molar-refractivity contribution is -0.118. The van der Waals surface area contributed by atoms with Gasteiger partial charge in [-0.1, -0.05) is 23.9 Å². The van der Waals surface area contributed by atoms with Crippen molar-refractivity contribution >= 4 is 34.8 Å². The van der Waals surface area contributed by atoms with Crippen molar-refractivity contribution in [2.24, 2.45) is 12.1 Å². The van der Waals surface area contributed by atoms with Crippen molar-refractivity contribution in [3.05, 3.63) is 58.4 Å². The number of carbonyl (C=O) groups is 1. The average molecular weight is 384 g/mol. The van der Waals surface area contributed by atoms with Gasteiger partial charge in [-0.05, 0) is 35.9 Å². The maximum absolute atomic E-state index is 12.3. The quantitative estimate of drug-likeness (QED) is 0.202. The number of hydrogen-bond donors (Lipinski definition) is 3. The van der Waals surface area contributed by atoms with E-state index in [2.05, 4.69) is 15.5 Å². The molecule has 0 aliphatic heterocycles. The van der Waals surface area contributed by atoms with Gasteiger partial charge in [-0.25, -0.2) is 10.4 Å². The smallest absolute Gasteiger partial charge is 0.261 e. The topological polar surface area (TPSA) is 117 Å². The summed E-state index contributed by atoms with van der Waals surface area (Å²) in [6.07, 6.45) is 1.34. The number of hydrazone groups is 1. The number of phenolic OH excluding ortho intramolecular Hbond substituents is 2. The number of thioether (sulfide) groups is 1. The maximum Gasteiger partial charge on any atom is 0.261 e. The number of fused-ring (bicyclic) bond motifs is 1. The van der Waals surface area contributed by atoms with E-state index in [0.29, 0.717) is 21.6 Å². The molecule has 0 spiro atoms. The van der Waals surface area contributed by atoms with Crippen molar-refractivity contribution in [1.29, 1.82) is 0 Å². The van der Waals surface area contributed by atoms with Gasteiger partial charge in [-0.15, -0.1) is 0 Å². The number of amides is 1. The van der Waals surface area contributed by atoms with Crippen molar-refractivity contribution in [2.75, 3.05) is 5.75 Å². The molecule has 3 aromatic rings. The predicted octanol–water partition coefficient (Wildman–Crippen LogP) is 1.59. The van der Waals surface area contributed by atoms with Gasteiger partial charge in [0.15, 0.2) is 16.7 Å².